The summed E-state index contributed by atoms with van der Waals surface area (Å²) in [5, 5.41) is 0. The molecule has 0 spiro atoms. The third kappa shape index (κ3) is 5.77. The second-order valence-corrected chi connectivity index (χ2v) is 7.77. The minimum atomic E-state index is -3.24. The van der Waals surface area contributed by atoms with Gasteiger partial charge in [0.15, 0.2) is 0 Å². The predicted octanol–water partition coefficient (Wildman–Crippen LogP) is 2.54. The van der Waals surface area contributed by atoms with Crippen LogP contribution in [0.1, 0.15) is 49.7 Å². The Balaban J connectivity index is 1.77. The van der Waals surface area contributed by atoms with Gasteiger partial charge in [0.25, 0.3) is 0 Å². The van der Waals surface area contributed by atoms with Crippen molar-refractivity contribution in [1.29, 1.82) is 0 Å². The predicted molar refractivity (Wildman–Crippen MR) is 86.2 cm³/mol. The number of nitrogens with one attached hydrogen (secondary N) is 1. The zero-order valence-corrected chi connectivity index (χ0v) is 13.4. The number of nitrogens with two attached hydrogens (primary N) is 1. The van der Waals surface area contributed by atoms with Gasteiger partial charge in [0.1, 0.15) is 0 Å². The summed E-state index contributed by atoms with van der Waals surface area (Å²) in [4.78, 5) is 0. The average molecular weight is 310 g/mol. The lowest BCUT2D eigenvalue weighted by atomic mass is 9.87. The molecule has 118 valence electrons. The largest absolute Gasteiger partial charge is 0.326 e. The monoisotopic (exact) mass is 310 g/mol. The van der Waals surface area contributed by atoms with E-state index >= 15 is 0 Å². The lowest BCUT2D eigenvalue weighted by molar-refractivity contribution is 0.339. The van der Waals surface area contributed by atoms with Crippen LogP contribution in [0.3, 0.4) is 0 Å². The maximum atomic E-state index is 12.1. The molecule has 1 aliphatic carbocycles. The molecule has 5 heteroatoms. The van der Waals surface area contributed by atoms with E-state index in [1.165, 1.54) is 32.1 Å². The zero-order valence-electron chi connectivity index (χ0n) is 12.6. The van der Waals surface area contributed by atoms with Crippen LogP contribution in [0.4, 0.5) is 0 Å². The summed E-state index contributed by atoms with van der Waals surface area (Å²) in [6.45, 7) is 1.04. The molecule has 0 atom stereocenters. The minimum Gasteiger partial charge on any atom is -0.326 e. The minimum absolute atomic E-state index is 0.0442. The second-order valence-electron chi connectivity index (χ2n) is 5.97. The molecule has 0 radical (unpaired) electrons. The van der Waals surface area contributed by atoms with Crippen LogP contribution in [-0.4, -0.2) is 15.0 Å². The quantitative estimate of drug-likeness (QED) is 0.813. The highest BCUT2D eigenvalue weighted by molar-refractivity contribution is 7.88. The highest BCUT2D eigenvalue weighted by Gasteiger charge is 2.15. The number of benzene rings is 1. The SMILES string of the molecule is NCc1ccc(CS(=O)(=O)NCCC2CCCCC2)cc1. The van der Waals surface area contributed by atoms with E-state index in [0.717, 1.165) is 17.5 Å². The van der Waals surface area contributed by atoms with E-state index in [-0.39, 0.29) is 5.75 Å². The van der Waals surface area contributed by atoms with Gasteiger partial charge in [-0.25, -0.2) is 13.1 Å². The Bertz CT molecular complexity index is 520. The van der Waals surface area contributed by atoms with Gasteiger partial charge in [-0.15, -0.1) is 0 Å². The molecule has 0 unspecified atom stereocenters. The van der Waals surface area contributed by atoms with E-state index < -0.39 is 10.0 Å². The lowest BCUT2D eigenvalue weighted by Gasteiger charge is -2.21. The molecule has 21 heavy (non-hydrogen) atoms. The highest BCUT2D eigenvalue weighted by atomic mass is 32.2. The molecule has 0 bridgehead atoms. The summed E-state index contributed by atoms with van der Waals surface area (Å²) < 4.78 is 26.9. The molecule has 0 saturated heterocycles. The van der Waals surface area contributed by atoms with E-state index in [1.54, 1.807) is 0 Å². The summed E-state index contributed by atoms with van der Waals surface area (Å²) in [6, 6.07) is 7.44. The first-order valence-corrected chi connectivity index (χ1v) is 9.49. The smallest absolute Gasteiger partial charge is 0.215 e. The van der Waals surface area contributed by atoms with Crippen LogP contribution in [0.15, 0.2) is 24.3 Å². The van der Waals surface area contributed by atoms with Crippen molar-refractivity contribution in [2.75, 3.05) is 6.54 Å². The normalized spacial score (nSPS) is 17.0. The Hall–Kier alpha value is -0.910. The number of sulfonamides is 1. The van der Waals surface area contributed by atoms with Crippen molar-refractivity contribution in [2.24, 2.45) is 11.7 Å². The molecule has 3 N–H and O–H groups in total. The van der Waals surface area contributed by atoms with E-state index in [2.05, 4.69) is 4.72 Å². The fourth-order valence-corrected chi connectivity index (χ4v) is 4.10. The first kappa shape index (κ1) is 16.5. The Morgan fingerprint density at radius 2 is 1.67 bits per heavy atom. The maximum absolute atomic E-state index is 12.1. The van der Waals surface area contributed by atoms with Crippen LogP contribution in [0.5, 0.6) is 0 Å². The average Bonchev–Trinajstić information content (AvgIpc) is 2.48. The van der Waals surface area contributed by atoms with Gasteiger partial charge < -0.3 is 5.73 Å². The van der Waals surface area contributed by atoms with Gasteiger partial charge in [0, 0.05) is 13.1 Å². The Morgan fingerprint density at radius 1 is 1.05 bits per heavy atom. The second kappa shape index (κ2) is 7.92. The standard InChI is InChI=1S/C16H26N2O2S/c17-12-15-6-8-16(9-7-15)13-21(19,20)18-11-10-14-4-2-1-3-5-14/h6-9,14,18H,1-5,10-13,17H2. The van der Waals surface area contributed by atoms with Gasteiger partial charge in [0.2, 0.25) is 10.0 Å². The van der Waals surface area contributed by atoms with Crippen LogP contribution in [0.25, 0.3) is 0 Å². The van der Waals surface area contributed by atoms with Gasteiger partial charge in [0.05, 0.1) is 5.75 Å². The molecule has 1 aromatic rings. The summed E-state index contributed by atoms with van der Waals surface area (Å²) in [5.41, 5.74) is 7.35. The van der Waals surface area contributed by atoms with Crippen LogP contribution < -0.4 is 10.5 Å². The summed E-state index contributed by atoms with van der Waals surface area (Å²) in [7, 11) is -3.24. The van der Waals surface area contributed by atoms with E-state index in [9.17, 15) is 8.42 Å². The fraction of sp³-hybridized carbons (Fsp3) is 0.625. The molecule has 1 saturated carbocycles. The number of hydrogen-bond acceptors (Lipinski definition) is 3. The first-order chi connectivity index (χ1) is 10.1. The Labute approximate surface area is 128 Å². The van der Waals surface area contributed by atoms with Crippen molar-refractivity contribution in [3.05, 3.63) is 35.4 Å². The summed E-state index contributed by atoms with van der Waals surface area (Å²) in [5.74, 6) is 0.744. The Morgan fingerprint density at radius 3 is 2.29 bits per heavy atom. The Kier molecular flexibility index (Phi) is 6.21. The molecular formula is C16H26N2O2S. The third-order valence-corrected chi connectivity index (χ3v) is 5.57. The van der Waals surface area contributed by atoms with Crippen LogP contribution in [0.2, 0.25) is 0 Å². The molecule has 0 heterocycles. The lowest BCUT2D eigenvalue weighted by Crippen LogP contribution is -2.27. The molecule has 4 nitrogen and oxygen atoms in total. The topological polar surface area (TPSA) is 72.2 Å². The molecule has 1 aliphatic rings. The van der Waals surface area contributed by atoms with Gasteiger partial charge >= 0.3 is 0 Å². The van der Waals surface area contributed by atoms with Crippen molar-refractivity contribution in [3.63, 3.8) is 0 Å². The molecule has 0 aliphatic heterocycles. The van der Waals surface area contributed by atoms with Gasteiger partial charge in [-0.1, -0.05) is 56.4 Å². The number of hydrogen-bond donors (Lipinski definition) is 2. The molecule has 2 rings (SSSR count). The molecule has 1 fully saturated rings. The van der Waals surface area contributed by atoms with Crippen molar-refractivity contribution >= 4 is 10.0 Å². The third-order valence-electron chi connectivity index (χ3n) is 4.21. The molecule has 0 aromatic heterocycles. The van der Waals surface area contributed by atoms with Crippen LogP contribution >= 0.6 is 0 Å². The fourth-order valence-electron chi connectivity index (χ4n) is 2.94. The summed E-state index contributed by atoms with van der Waals surface area (Å²) >= 11 is 0. The van der Waals surface area contributed by atoms with E-state index in [4.69, 9.17) is 5.73 Å². The molecule has 0 amide bonds. The zero-order chi connectivity index (χ0) is 15.1. The van der Waals surface area contributed by atoms with Crippen molar-refractivity contribution in [2.45, 2.75) is 50.8 Å². The summed E-state index contributed by atoms with van der Waals surface area (Å²) in [6.07, 6.45) is 7.40. The van der Waals surface area contributed by atoms with Gasteiger partial charge in [-0.2, -0.15) is 0 Å². The van der Waals surface area contributed by atoms with E-state index in [1.807, 2.05) is 24.3 Å². The maximum Gasteiger partial charge on any atom is 0.215 e. The number of rotatable bonds is 7. The van der Waals surface area contributed by atoms with Crippen molar-refractivity contribution in [1.82, 2.24) is 4.72 Å². The van der Waals surface area contributed by atoms with Crippen molar-refractivity contribution < 1.29 is 8.42 Å². The van der Waals surface area contributed by atoms with Crippen LogP contribution in [-0.2, 0) is 22.3 Å². The van der Waals surface area contributed by atoms with Crippen LogP contribution in [0, 0.1) is 5.92 Å². The van der Waals surface area contributed by atoms with Gasteiger partial charge in [-0.3, -0.25) is 0 Å². The van der Waals surface area contributed by atoms with Crippen molar-refractivity contribution in [3.8, 4) is 0 Å². The highest BCUT2D eigenvalue weighted by Crippen LogP contribution is 2.25. The van der Waals surface area contributed by atoms with Gasteiger partial charge in [-0.05, 0) is 23.5 Å². The molecular weight excluding hydrogens is 284 g/mol. The van der Waals surface area contributed by atoms with E-state index in [0.29, 0.717) is 19.0 Å². The molecule has 1 aromatic carbocycles. The first-order valence-electron chi connectivity index (χ1n) is 7.84.